The molecule has 0 amide bonds. The molecule has 0 aromatic heterocycles. The Balaban J connectivity index is 2.30. The smallest absolute Gasteiger partial charge is 0.242 e. The highest BCUT2D eigenvalue weighted by Gasteiger charge is 2.17. The van der Waals surface area contributed by atoms with Crippen LogP contribution in [0, 0.1) is 0 Å². The van der Waals surface area contributed by atoms with E-state index in [4.69, 9.17) is 21.1 Å². The molecular formula is C17H29O3PS2. The number of unbranched alkanes of at least 4 members (excludes halogenated alkanes) is 6. The number of hydrogen-bond acceptors (Lipinski definition) is 3. The number of rotatable bonds is 13. The van der Waals surface area contributed by atoms with Crippen LogP contribution < -0.4 is 4.74 Å². The lowest BCUT2D eigenvalue weighted by Crippen LogP contribution is -2.20. The first-order chi connectivity index (χ1) is 11.0. The lowest BCUT2D eigenvalue weighted by Gasteiger charge is -2.21. The minimum Gasteiger partial charge on any atom is -0.491 e. The molecule has 1 aromatic carbocycles. The van der Waals surface area contributed by atoms with Crippen LogP contribution >= 0.6 is 17.9 Å². The van der Waals surface area contributed by atoms with E-state index in [-0.39, 0.29) is 6.10 Å². The fourth-order valence-electron chi connectivity index (χ4n) is 2.40. The molecule has 0 bridgehead atoms. The largest absolute Gasteiger partial charge is 0.491 e. The third-order valence-corrected chi connectivity index (χ3v) is 4.71. The third kappa shape index (κ3) is 12.0. The Hall–Kier alpha value is -0.0600. The second-order valence-corrected chi connectivity index (χ2v) is 10.9. The van der Waals surface area contributed by atoms with Crippen molar-refractivity contribution in [2.24, 2.45) is 0 Å². The highest BCUT2D eigenvalue weighted by atomic mass is 32.9. The summed E-state index contributed by atoms with van der Waals surface area (Å²) in [5.74, 6) is 0.797. The molecule has 0 aliphatic carbocycles. The van der Waals surface area contributed by atoms with Gasteiger partial charge in [-0.1, -0.05) is 82.3 Å². The predicted octanol–water partition coefficient (Wildman–Crippen LogP) is 5.74. The van der Waals surface area contributed by atoms with Gasteiger partial charge in [0.05, 0.1) is 6.10 Å². The molecule has 1 rings (SSSR count). The van der Waals surface area contributed by atoms with Crippen LogP contribution in [0.25, 0.3) is 0 Å². The van der Waals surface area contributed by atoms with E-state index >= 15 is 0 Å². The fraction of sp³-hybridized carbons (Fsp3) is 0.647. The highest BCUT2D eigenvalue weighted by molar-refractivity contribution is 8.59. The summed E-state index contributed by atoms with van der Waals surface area (Å²) in [4.78, 5) is 9.70. The first kappa shape index (κ1) is 21.0. The topological polar surface area (TPSA) is 38.7 Å². The number of thiol groups is 1. The van der Waals surface area contributed by atoms with Gasteiger partial charge in [-0.2, -0.15) is 0 Å². The molecule has 23 heavy (non-hydrogen) atoms. The van der Waals surface area contributed by atoms with Crippen molar-refractivity contribution in [2.75, 3.05) is 6.61 Å². The van der Waals surface area contributed by atoms with E-state index in [1.54, 1.807) is 0 Å². The number of hydrogen-bond donors (Lipinski definition) is 2. The third-order valence-electron chi connectivity index (χ3n) is 3.60. The van der Waals surface area contributed by atoms with Crippen molar-refractivity contribution < 1.29 is 14.2 Å². The van der Waals surface area contributed by atoms with Crippen LogP contribution in [0.2, 0.25) is 0 Å². The molecule has 0 radical (unpaired) electrons. The Morgan fingerprint density at radius 3 is 2.30 bits per heavy atom. The summed E-state index contributed by atoms with van der Waals surface area (Å²) in [6.45, 7) is 2.62. The minimum atomic E-state index is -2.97. The van der Waals surface area contributed by atoms with Crippen molar-refractivity contribution in [1.82, 2.24) is 0 Å². The van der Waals surface area contributed by atoms with Crippen LogP contribution in [0.15, 0.2) is 30.3 Å². The molecule has 132 valence electrons. The van der Waals surface area contributed by atoms with Crippen LogP contribution in [-0.4, -0.2) is 17.6 Å². The Bertz CT molecular complexity index is 450. The van der Waals surface area contributed by atoms with Crippen LogP contribution in [-0.2, 0) is 16.3 Å². The molecule has 3 nitrogen and oxygen atoms in total. The normalized spacial score (nSPS) is 15.1. The molecular weight excluding hydrogens is 347 g/mol. The van der Waals surface area contributed by atoms with Crippen LogP contribution in [0.1, 0.15) is 58.3 Å². The first-order valence-corrected chi connectivity index (χ1v) is 12.3. The fourth-order valence-corrected chi connectivity index (χ4v) is 3.72. The van der Waals surface area contributed by atoms with E-state index in [0.717, 1.165) is 18.6 Å². The molecule has 0 aliphatic rings. The van der Waals surface area contributed by atoms with Gasteiger partial charge in [-0.25, -0.2) is 0 Å². The summed E-state index contributed by atoms with van der Waals surface area (Å²) < 4.78 is 11.3. The van der Waals surface area contributed by atoms with Gasteiger partial charge in [-0.05, 0) is 30.4 Å². The SMILES string of the molecule is CCCCCCCCCC(COc1ccccc1)OP(O)(=S)S. The van der Waals surface area contributed by atoms with Crippen molar-refractivity contribution >= 4 is 29.7 Å². The van der Waals surface area contributed by atoms with Crippen molar-refractivity contribution in [3.8, 4) is 5.75 Å². The standard InChI is InChI=1S/C17H29O3PS2/c1-2-3-4-5-6-7-9-14-17(20-21(18,22)23)15-19-16-12-10-8-11-13-16/h8,10-13,17H,2-7,9,14-15H2,1H3,(H2,18,22,23). The quantitative estimate of drug-likeness (QED) is 0.262. The second kappa shape index (κ2) is 12.3. The van der Waals surface area contributed by atoms with Gasteiger partial charge in [-0.3, -0.25) is 0 Å². The Morgan fingerprint density at radius 1 is 1.09 bits per heavy atom. The summed E-state index contributed by atoms with van der Waals surface area (Å²) in [5.41, 5.74) is -2.97. The van der Waals surface area contributed by atoms with Gasteiger partial charge in [0.25, 0.3) is 0 Å². The molecule has 0 saturated heterocycles. The lowest BCUT2D eigenvalue weighted by molar-refractivity contribution is 0.123. The average molecular weight is 377 g/mol. The van der Waals surface area contributed by atoms with E-state index in [1.165, 1.54) is 38.5 Å². The molecule has 0 heterocycles. The maximum absolute atomic E-state index is 9.70. The predicted molar refractivity (Wildman–Crippen MR) is 105 cm³/mol. The van der Waals surface area contributed by atoms with Gasteiger partial charge in [0.1, 0.15) is 12.4 Å². The van der Waals surface area contributed by atoms with Gasteiger partial charge < -0.3 is 14.2 Å². The second-order valence-electron chi connectivity index (χ2n) is 5.75. The van der Waals surface area contributed by atoms with Gasteiger partial charge in [0.15, 0.2) is 0 Å². The van der Waals surface area contributed by atoms with Gasteiger partial charge in [0, 0.05) is 0 Å². The van der Waals surface area contributed by atoms with Gasteiger partial charge >= 0.3 is 0 Å². The Labute approximate surface area is 151 Å². The molecule has 2 atom stereocenters. The average Bonchev–Trinajstić information content (AvgIpc) is 2.51. The molecule has 0 aliphatic heterocycles. The monoisotopic (exact) mass is 376 g/mol. The van der Waals surface area contributed by atoms with E-state index < -0.39 is 5.69 Å². The number of ether oxygens (including phenoxy) is 1. The molecule has 1 N–H and O–H groups in total. The maximum atomic E-state index is 9.70. The number of benzene rings is 1. The molecule has 0 fully saturated rings. The van der Waals surface area contributed by atoms with E-state index in [1.807, 2.05) is 30.3 Å². The maximum Gasteiger partial charge on any atom is 0.242 e. The van der Waals surface area contributed by atoms with Gasteiger partial charge in [-0.15, -0.1) is 0 Å². The lowest BCUT2D eigenvalue weighted by atomic mass is 10.1. The zero-order valence-electron chi connectivity index (χ0n) is 13.9. The Kier molecular flexibility index (Phi) is 11.2. The number of para-hydroxylation sites is 1. The molecule has 1 aromatic rings. The molecule has 6 heteroatoms. The summed E-state index contributed by atoms with van der Waals surface area (Å²) in [7, 11) is 0. The van der Waals surface area contributed by atoms with E-state index in [0.29, 0.717) is 6.61 Å². The van der Waals surface area contributed by atoms with E-state index in [9.17, 15) is 4.89 Å². The highest BCUT2D eigenvalue weighted by Crippen LogP contribution is 2.49. The molecule has 0 spiro atoms. The first-order valence-electron chi connectivity index (χ1n) is 8.43. The van der Waals surface area contributed by atoms with E-state index in [2.05, 4.69) is 19.2 Å². The molecule has 0 saturated carbocycles. The summed E-state index contributed by atoms with van der Waals surface area (Å²) in [5, 5.41) is 0. The minimum absolute atomic E-state index is 0.209. The summed E-state index contributed by atoms with van der Waals surface area (Å²) in [6, 6.07) is 9.61. The zero-order chi connectivity index (χ0) is 17.0. The zero-order valence-corrected chi connectivity index (χ0v) is 16.5. The van der Waals surface area contributed by atoms with Crippen LogP contribution in [0.4, 0.5) is 0 Å². The summed E-state index contributed by atoms with van der Waals surface area (Å²) >= 11 is 8.87. The van der Waals surface area contributed by atoms with Crippen molar-refractivity contribution in [2.45, 2.75) is 64.4 Å². The van der Waals surface area contributed by atoms with Crippen molar-refractivity contribution in [1.29, 1.82) is 0 Å². The van der Waals surface area contributed by atoms with Crippen molar-refractivity contribution in [3.05, 3.63) is 30.3 Å². The molecule has 2 unspecified atom stereocenters. The summed E-state index contributed by atoms with van der Waals surface area (Å²) in [6.07, 6.45) is 9.32. The Morgan fingerprint density at radius 2 is 1.70 bits per heavy atom. The van der Waals surface area contributed by atoms with Crippen LogP contribution in [0.5, 0.6) is 5.75 Å². The van der Waals surface area contributed by atoms with Crippen molar-refractivity contribution in [3.63, 3.8) is 0 Å². The van der Waals surface area contributed by atoms with Gasteiger partial charge in [0.2, 0.25) is 5.69 Å². The van der Waals surface area contributed by atoms with Crippen LogP contribution in [0.3, 0.4) is 0 Å².